The van der Waals surface area contributed by atoms with Crippen LogP contribution in [-0.4, -0.2) is 9.78 Å². The molecule has 1 aromatic rings. The summed E-state index contributed by atoms with van der Waals surface area (Å²) in [6.45, 7) is 12.0. The smallest absolute Gasteiger partial charge is 0.145 e. The van der Waals surface area contributed by atoms with Crippen molar-refractivity contribution in [2.75, 3.05) is 5.73 Å². The molecule has 0 bridgehead atoms. The summed E-state index contributed by atoms with van der Waals surface area (Å²) in [5.74, 6) is 1.24. The fourth-order valence-electron chi connectivity index (χ4n) is 1.26. The largest absolute Gasteiger partial charge is 0.382 e. The Morgan fingerprint density at radius 1 is 1.50 bits per heavy atom. The molecule has 3 nitrogen and oxygen atoms in total. The highest BCUT2D eigenvalue weighted by molar-refractivity contribution is 5.28. The summed E-state index contributed by atoms with van der Waals surface area (Å²) in [7, 11) is 0. The van der Waals surface area contributed by atoms with Crippen LogP contribution in [0.2, 0.25) is 0 Å². The Labute approximate surface area is 86.3 Å². The zero-order valence-corrected chi connectivity index (χ0v) is 9.83. The standard InChI is InChI=1S/C11H21N3/c1-8(2)11(4,5)7-14-9(3)6-10(12)13-14/h6,8H,7H2,1-5H3,(H2,12,13). The second-order valence-electron chi connectivity index (χ2n) is 5.01. The van der Waals surface area contributed by atoms with E-state index >= 15 is 0 Å². The van der Waals surface area contributed by atoms with Gasteiger partial charge in [0.25, 0.3) is 0 Å². The van der Waals surface area contributed by atoms with Gasteiger partial charge in [0.15, 0.2) is 0 Å². The van der Waals surface area contributed by atoms with E-state index in [1.54, 1.807) is 0 Å². The van der Waals surface area contributed by atoms with Crippen molar-refractivity contribution in [1.82, 2.24) is 9.78 Å². The van der Waals surface area contributed by atoms with Gasteiger partial charge >= 0.3 is 0 Å². The Bertz CT molecular complexity index is 310. The third kappa shape index (κ3) is 2.28. The first-order valence-corrected chi connectivity index (χ1v) is 5.13. The maximum absolute atomic E-state index is 5.64. The lowest BCUT2D eigenvalue weighted by Gasteiger charge is -2.29. The monoisotopic (exact) mass is 195 g/mol. The van der Waals surface area contributed by atoms with E-state index in [0.29, 0.717) is 11.7 Å². The summed E-state index contributed by atoms with van der Waals surface area (Å²) < 4.78 is 2.00. The van der Waals surface area contributed by atoms with E-state index in [1.165, 1.54) is 0 Å². The van der Waals surface area contributed by atoms with Crippen LogP contribution in [0.1, 0.15) is 33.4 Å². The van der Waals surface area contributed by atoms with Gasteiger partial charge in [0.05, 0.1) is 0 Å². The molecule has 1 aromatic heterocycles. The fourth-order valence-corrected chi connectivity index (χ4v) is 1.26. The zero-order valence-electron chi connectivity index (χ0n) is 9.83. The molecule has 0 aliphatic heterocycles. The van der Waals surface area contributed by atoms with Crippen molar-refractivity contribution >= 4 is 5.82 Å². The lowest BCUT2D eigenvalue weighted by Crippen LogP contribution is -2.26. The number of aryl methyl sites for hydroxylation is 1. The van der Waals surface area contributed by atoms with Crippen LogP contribution in [0.15, 0.2) is 6.07 Å². The summed E-state index contributed by atoms with van der Waals surface area (Å²) in [5, 5.41) is 4.27. The highest BCUT2D eigenvalue weighted by Crippen LogP contribution is 2.28. The summed E-state index contributed by atoms with van der Waals surface area (Å²) in [6.07, 6.45) is 0. The third-order valence-electron chi connectivity index (χ3n) is 3.12. The first-order chi connectivity index (χ1) is 6.33. The van der Waals surface area contributed by atoms with Crippen LogP contribution in [0.5, 0.6) is 0 Å². The number of aromatic nitrogens is 2. The van der Waals surface area contributed by atoms with Gasteiger partial charge in [-0.05, 0) is 18.3 Å². The van der Waals surface area contributed by atoms with Crippen LogP contribution in [0.3, 0.4) is 0 Å². The maximum Gasteiger partial charge on any atom is 0.145 e. The fraction of sp³-hybridized carbons (Fsp3) is 0.727. The van der Waals surface area contributed by atoms with Gasteiger partial charge < -0.3 is 5.73 Å². The van der Waals surface area contributed by atoms with Crippen molar-refractivity contribution in [3.63, 3.8) is 0 Å². The number of nitrogens with two attached hydrogens (primary N) is 1. The van der Waals surface area contributed by atoms with Gasteiger partial charge in [-0.1, -0.05) is 27.7 Å². The molecule has 0 fully saturated rings. The molecule has 1 rings (SSSR count). The predicted molar refractivity (Wildman–Crippen MR) is 60.0 cm³/mol. The summed E-state index contributed by atoms with van der Waals surface area (Å²) in [4.78, 5) is 0. The molecule has 80 valence electrons. The van der Waals surface area contributed by atoms with E-state index in [1.807, 2.05) is 17.7 Å². The molecule has 0 amide bonds. The van der Waals surface area contributed by atoms with Gasteiger partial charge in [-0.3, -0.25) is 4.68 Å². The number of nitrogen functional groups attached to an aromatic ring is 1. The molecule has 14 heavy (non-hydrogen) atoms. The molecule has 0 spiro atoms. The van der Waals surface area contributed by atoms with Crippen LogP contribution in [0.25, 0.3) is 0 Å². The predicted octanol–water partition coefficient (Wildman–Crippen LogP) is 2.46. The average molecular weight is 195 g/mol. The molecule has 0 saturated heterocycles. The Morgan fingerprint density at radius 2 is 2.07 bits per heavy atom. The molecule has 0 saturated carbocycles. The van der Waals surface area contributed by atoms with E-state index in [9.17, 15) is 0 Å². The first-order valence-electron chi connectivity index (χ1n) is 5.13. The number of anilines is 1. The van der Waals surface area contributed by atoms with Gasteiger partial charge in [-0.2, -0.15) is 5.10 Å². The van der Waals surface area contributed by atoms with Crippen molar-refractivity contribution in [1.29, 1.82) is 0 Å². The van der Waals surface area contributed by atoms with Crippen molar-refractivity contribution < 1.29 is 0 Å². The molecular weight excluding hydrogens is 174 g/mol. The Kier molecular flexibility index (Phi) is 2.88. The molecule has 1 heterocycles. The highest BCUT2D eigenvalue weighted by atomic mass is 15.3. The normalized spacial score (nSPS) is 12.4. The van der Waals surface area contributed by atoms with Gasteiger partial charge in [0.2, 0.25) is 0 Å². The van der Waals surface area contributed by atoms with Gasteiger partial charge in [-0.15, -0.1) is 0 Å². The van der Waals surface area contributed by atoms with Crippen LogP contribution >= 0.6 is 0 Å². The molecule has 2 N–H and O–H groups in total. The number of hydrogen-bond donors (Lipinski definition) is 1. The van der Waals surface area contributed by atoms with Crippen LogP contribution in [-0.2, 0) is 6.54 Å². The molecule has 0 unspecified atom stereocenters. The highest BCUT2D eigenvalue weighted by Gasteiger charge is 2.23. The van der Waals surface area contributed by atoms with Gasteiger partial charge in [-0.25, -0.2) is 0 Å². The molecule has 0 aliphatic carbocycles. The molecular formula is C11H21N3. The molecule has 0 radical (unpaired) electrons. The topological polar surface area (TPSA) is 43.8 Å². The number of nitrogens with zero attached hydrogens (tertiary/aromatic N) is 2. The molecule has 3 heteroatoms. The zero-order chi connectivity index (χ0) is 10.9. The Balaban J connectivity index is 2.83. The van der Waals surface area contributed by atoms with Gasteiger partial charge in [0, 0.05) is 18.3 Å². The number of rotatable bonds is 3. The van der Waals surface area contributed by atoms with Crippen LogP contribution in [0.4, 0.5) is 5.82 Å². The van der Waals surface area contributed by atoms with Crippen molar-refractivity contribution in [2.24, 2.45) is 11.3 Å². The van der Waals surface area contributed by atoms with Crippen LogP contribution in [0, 0.1) is 18.3 Å². The summed E-state index contributed by atoms with van der Waals surface area (Å²) in [5.41, 5.74) is 7.03. The summed E-state index contributed by atoms with van der Waals surface area (Å²) in [6, 6.07) is 1.91. The average Bonchev–Trinajstić information content (AvgIpc) is 2.29. The Morgan fingerprint density at radius 3 is 2.43 bits per heavy atom. The lowest BCUT2D eigenvalue weighted by molar-refractivity contribution is 0.200. The quantitative estimate of drug-likeness (QED) is 0.805. The van der Waals surface area contributed by atoms with E-state index in [2.05, 4.69) is 32.8 Å². The third-order valence-corrected chi connectivity index (χ3v) is 3.12. The van der Waals surface area contributed by atoms with E-state index < -0.39 is 0 Å². The molecule has 0 atom stereocenters. The second-order valence-corrected chi connectivity index (χ2v) is 5.01. The van der Waals surface area contributed by atoms with Crippen LogP contribution < -0.4 is 5.73 Å². The molecule has 0 aromatic carbocycles. The van der Waals surface area contributed by atoms with Crippen molar-refractivity contribution in [3.8, 4) is 0 Å². The minimum atomic E-state index is 0.253. The minimum Gasteiger partial charge on any atom is -0.382 e. The number of hydrogen-bond acceptors (Lipinski definition) is 2. The Hall–Kier alpha value is -0.990. The van der Waals surface area contributed by atoms with Crippen molar-refractivity contribution in [3.05, 3.63) is 11.8 Å². The van der Waals surface area contributed by atoms with E-state index in [4.69, 9.17) is 5.73 Å². The van der Waals surface area contributed by atoms with E-state index in [-0.39, 0.29) is 5.41 Å². The molecule has 0 aliphatic rings. The summed E-state index contributed by atoms with van der Waals surface area (Å²) >= 11 is 0. The lowest BCUT2D eigenvalue weighted by atomic mass is 9.81. The second kappa shape index (κ2) is 3.64. The minimum absolute atomic E-state index is 0.253. The first kappa shape index (κ1) is 11.1. The van der Waals surface area contributed by atoms with Crippen molar-refractivity contribution in [2.45, 2.75) is 41.2 Å². The van der Waals surface area contributed by atoms with Gasteiger partial charge in [0.1, 0.15) is 5.82 Å². The van der Waals surface area contributed by atoms with E-state index in [0.717, 1.165) is 12.2 Å². The SMILES string of the molecule is Cc1cc(N)nn1CC(C)(C)C(C)C. The maximum atomic E-state index is 5.64.